The van der Waals surface area contributed by atoms with Gasteiger partial charge in [-0.3, -0.25) is 0 Å². The van der Waals surface area contributed by atoms with E-state index in [1.165, 1.54) is 22.5 Å². The summed E-state index contributed by atoms with van der Waals surface area (Å²) in [4.78, 5) is 3.73. The van der Waals surface area contributed by atoms with E-state index >= 15 is 0 Å². The average Bonchev–Trinajstić information content (AvgIpc) is 2.84. The fourth-order valence-corrected chi connectivity index (χ4v) is 4.05. The Morgan fingerprint density at radius 2 is 2.15 bits per heavy atom. The van der Waals surface area contributed by atoms with E-state index in [9.17, 15) is 0 Å². The lowest BCUT2D eigenvalue weighted by molar-refractivity contribution is 0.300. The topological polar surface area (TPSA) is 15.3 Å². The number of nitrogens with one attached hydrogen (secondary N) is 1. The summed E-state index contributed by atoms with van der Waals surface area (Å²) in [6, 6.07) is 12.8. The molecule has 1 aromatic carbocycles. The van der Waals surface area contributed by atoms with Crippen LogP contribution in [0.25, 0.3) is 0 Å². The van der Waals surface area contributed by atoms with Crippen LogP contribution in [-0.2, 0) is 6.54 Å². The van der Waals surface area contributed by atoms with E-state index in [0.29, 0.717) is 5.92 Å². The van der Waals surface area contributed by atoms with Crippen LogP contribution in [0.2, 0.25) is 4.34 Å². The zero-order valence-electron chi connectivity index (χ0n) is 11.6. The first-order valence-corrected chi connectivity index (χ1v) is 8.17. The number of fused-ring (bicyclic) bond motifs is 1. The standard InChI is InChI=1S/C16H19ClN2S/c1-19(11-13-6-7-16(17)20-13)10-12-8-9-18-15-5-3-2-4-14(12)15/h2-7,12,18H,8-11H2,1H3. The number of halogens is 1. The minimum Gasteiger partial charge on any atom is -0.385 e. The molecule has 0 amide bonds. The molecular formula is C16H19ClN2S. The first-order chi connectivity index (χ1) is 9.72. The van der Waals surface area contributed by atoms with Crippen molar-refractivity contribution in [2.24, 2.45) is 0 Å². The van der Waals surface area contributed by atoms with Gasteiger partial charge in [0, 0.05) is 36.1 Å². The second-order valence-corrected chi connectivity index (χ2v) is 7.20. The minimum atomic E-state index is 0.618. The van der Waals surface area contributed by atoms with Crippen molar-refractivity contribution in [3.8, 4) is 0 Å². The van der Waals surface area contributed by atoms with Crippen molar-refractivity contribution in [3.63, 3.8) is 0 Å². The Morgan fingerprint density at radius 1 is 1.30 bits per heavy atom. The Kier molecular flexibility index (Phi) is 4.29. The summed E-state index contributed by atoms with van der Waals surface area (Å²) < 4.78 is 0.876. The van der Waals surface area contributed by atoms with E-state index in [4.69, 9.17) is 11.6 Å². The van der Waals surface area contributed by atoms with Crippen LogP contribution in [0.3, 0.4) is 0 Å². The van der Waals surface area contributed by atoms with Crippen molar-refractivity contribution in [1.29, 1.82) is 0 Å². The highest BCUT2D eigenvalue weighted by atomic mass is 35.5. The Balaban J connectivity index is 1.66. The summed E-state index contributed by atoms with van der Waals surface area (Å²) in [5.41, 5.74) is 2.76. The second-order valence-electron chi connectivity index (χ2n) is 5.40. The van der Waals surface area contributed by atoms with Crippen molar-refractivity contribution >= 4 is 28.6 Å². The highest BCUT2D eigenvalue weighted by molar-refractivity contribution is 7.16. The second kappa shape index (κ2) is 6.17. The van der Waals surface area contributed by atoms with Gasteiger partial charge >= 0.3 is 0 Å². The number of hydrogen-bond donors (Lipinski definition) is 1. The number of thiophene rings is 1. The SMILES string of the molecule is CN(Cc1ccc(Cl)s1)CC1CCNc2ccccc21. The molecule has 1 atom stereocenters. The summed E-state index contributed by atoms with van der Waals surface area (Å²) >= 11 is 7.67. The van der Waals surface area contributed by atoms with Crippen molar-refractivity contribution in [2.45, 2.75) is 18.9 Å². The maximum Gasteiger partial charge on any atom is 0.0931 e. The summed E-state index contributed by atoms with van der Waals surface area (Å²) in [5, 5.41) is 3.48. The zero-order valence-corrected chi connectivity index (χ0v) is 13.2. The number of rotatable bonds is 4. The predicted molar refractivity (Wildman–Crippen MR) is 88.0 cm³/mol. The summed E-state index contributed by atoms with van der Waals surface area (Å²) in [6.45, 7) is 3.14. The number of likely N-dealkylation sites (N-methyl/N-ethyl adjacent to an activating group) is 1. The molecule has 0 bridgehead atoms. The lowest BCUT2D eigenvalue weighted by Crippen LogP contribution is -2.28. The van der Waals surface area contributed by atoms with Gasteiger partial charge in [-0.15, -0.1) is 11.3 Å². The van der Waals surface area contributed by atoms with Gasteiger partial charge in [0.1, 0.15) is 0 Å². The van der Waals surface area contributed by atoms with E-state index < -0.39 is 0 Å². The van der Waals surface area contributed by atoms with Gasteiger partial charge in [0.25, 0.3) is 0 Å². The van der Waals surface area contributed by atoms with Crippen LogP contribution in [0.5, 0.6) is 0 Å². The van der Waals surface area contributed by atoms with E-state index in [2.05, 4.69) is 47.6 Å². The normalized spacial score (nSPS) is 17.9. The van der Waals surface area contributed by atoms with Crippen LogP contribution in [0, 0.1) is 0 Å². The third-order valence-corrected chi connectivity index (χ3v) is 5.01. The number of nitrogens with zero attached hydrogens (tertiary/aromatic N) is 1. The maximum atomic E-state index is 5.99. The van der Waals surface area contributed by atoms with Crippen molar-refractivity contribution in [3.05, 3.63) is 51.2 Å². The van der Waals surface area contributed by atoms with Gasteiger partial charge in [-0.1, -0.05) is 29.8 Å². The molecule has 20 heavy (non-hydrogen) atoms. The van der Waals surface area contributed by atoms with E-state index in [1.807, 2.05) is 6.07 Å². The number of anilines is 1. The zero-order chi connectivity index (χ0) is 13.9. The molecule has 0 saturated heterocycles. The summed E-state index contributed by atoms with van der Waals surface area (Å²) in [7, 11) is 2.19. The van der Waals surface area contributed by atoms with Gasteiger partial charge in [0.15, 0.2) is 0 Å². The largest absolute Gasteiger partial charge is 0.385 e. The highest BCUT2D eigenvalue weighted by Gasteiger charge is 2.20. The van der Waals surface area contributed by atoms with Crippen LogP contribution >= 0.6 is 22.9 Å². The third-order valence-electron chi connectivity index (χ3n) is 3.80. The Morgan fingerprint density at radius 3 is 2.95 bits per heavy atom. The molecular weight excluding hydrogens is 288 g/mol. The first kappa shape index (κ1) is 13.9. The van der Waals surface area contributed by atoms with E-state index in [0.717, 1.165) is 24.0 Å². The van der Waals surface area contributed by atoms with Crippen LogP contribution in [0.4, 0.5) is 5.69 Å². The van der Waals surface area contributed by atoms with Gasteiger partial charge in [0.05, 0.1) is 4.34 Å². The van der Waals surface area contributed by atoms with Gasteiger partial charge < -0.3 is 10.2 Å². The molecule has 2 heterocycles. The first-order valence-electron chi connectivity index (χ1n) is 6.98. The molecule has 1 aliphatic rings. The molecule has 0 aliphatic carbocycles. The Bertz CT molecular complexity index is 581. The van der Waals surface area contributed by atoms with E-state index in [-0.39, 0.29) is 0 Å². The summed E-state index contributed by atoms with van der Waals surface area (Å²) in [5.74, 6) is 0.618. The van der Waals surface area contributed by atoms with Gasteiger partial charge in [0.2, 0.25) is 0 Å². The molecule has 4 heteroatoms. The molecule has 1 unspecified atom stereocenters. The third kappa shape index (κ3) is 3.17. The highest BCUT2D eigenvalue weighted by Crippen LogP contribution is 2.32. The lowest BCUT2D eigenvalue weighted by Gasteiger charge is -2.30. The molecule has 1 N–H and O–H groups in total. The monoisotopic (exact) mass is 306 g/mol. The molecule has 2 aromatic rings. The van der Waals surface area contributed by atoms with E-state index in [1.54, 1.807) is 11.3 Å². The predicted octanol–water partition coefficient (Wildman–Crippen LogP) is 4.43. The average molecular weight is 307 g/mol. The maximum absolute atomic E-state index is 5.99. The molecule has 0 fully saturated rings. The fourth-order valence-electron chi connectivity index (χ4n) is 2.88. The van der Waals surface area contributed by atoms with Gasteiger partial charge in [-0.05, 0) is 37.2 Å². The summed E-state index contributed by atoms with van der Waals surface area (Å²) in [6.07, 6.45) is 1.20. The lowest BCUT2D eigenvalue weighted by atomic mass is 9.90. The Hall–Kier alpha value is -1.03. The molecule has 1 aromatic heterocycles. The molecule has 106 valence electrons. The molecule has 0 radical (unpaired) electrons. The van der Waals surface area contributed by atoms with Crippen LogP contribution < -0.4 is 5.32 Å². The smallest absolute Gasteiger partial charge is 0.0931 e. The molecule has 1 aliphatic heterocycles. The van der Waals surface area contributed by atoms with Crippen molar-refractivity contribution < 1.29 is 0 Å². The van der Waals surface area contributed by atoms with Crippen LogP contribution in [0.1, 0.15) is 22.8 Å². The van der Waals surface area contributed by atoms with Crippen LogP contribution in [-0.4, -0.2) is 25.0 Å². The van der Waals surface area contributed by atoms with Gasteiger partial charge in [-0.2, -0.15) is 0 Å². The minimum absolute atomic E-state index is 0.618. The number of para-hydroxylation sites is 1. The fraction of sp³-hybridized carbons (Fsp3) is 0.375. The number of benzene rings is 1. The number of hydrogen-bond acceptors (Lipinski definition) is 3. The quantitative estimate of drug-likeness (QED) is 0.899. The van der Waals surface area contributed by atoms with Crippen molar-refractivity contribution in [1.82, 2.24) is 4.90 Å². The molecule has 2 nitrogen and oxygen atoms in total. The molecule has 3 rings (SSSR count). The molecule has 0 spiro atoms. The Labute approximate surface area is 129 Å². The molecule has 0 saturated carbocycles. The van der Waals surface area contributed by atoms with Crippen LogP contribution in [0.15, 0.2) is 36.4 Å². The van der Waals surface area contributed by atoms with Crippen molar-refractivity contribution in [2.75, 3.05) is 25.5 Å². The van der Waals surface area contributed by atoms with Gasteiger partial charge in [-0.25, -0.2) is 0 Å².